The number of hydrogen-bond acceptors (Lipinski definition) is 1. The summed E-state index contributed by atoms with van der Waals surface area (Å²) in [5, 5.41) is 3.08. The SMILES string of the molecule is CCCCCCCCCCCCC(CCCCCCCCCCCC)(CCCCCCCCCCCC)CNC(N)=O. The average molecular weight is 593 g/mol. The third-order valence-electron chi connectivity index (χ3n) is 9.82. The van der Waals surface area contributed by atoms with Crippen LogP contribution in [0.15, 0.2) is 0 Å². The molecule has 0 heterocycles. The second-order valence-corrected chi connectivity index (χ2v) is 14.0. The lowest BCUT2D eigenvalue weighted by molar-refractivity contribution is 0.185. The van der Waals surface area contributed by atoms with Gasteiger partial charge in [-0.2, -0.15) is 0 Å². The Morgan fingerprint density at radius 1 is 0.405 bits per heavy atom. The molecule has 3 nitrogen and oxygen atoms in total. The van der Waals surface area contributed by atoms with E-state index in [1.807, 2.05) is 0 Å². The van der Waals surface area contributed by atoms with Gasteiger partial charge < -0.3 is 11.1 Å². The average Bonchev–Trinajstić information content (AvgIpc) is 2.98. The van der Waals surface area contributed by atoms with Gasteiger partial charge in [0.2, 0.25) is 0 Å². The number of carbonyl (C=O) groups excluding carboxylic acids is 1. The van der Waals surface area contributed by atoms with E-state index in [1.54, 1.807) is 0 Å². The van der Waals surface area contributed by atoms with Crippen molar-refractivity contribution in [1.29, 1.82) is 0 Å². The predicted octanol–water partition coefficient (Wildman–Crippen LogP) is 13.6. The van der Waals surface area contributed by atoms with Gasteiger partial charge in [-0.05, 0) is 24.7 Å². The van der Waals surface area contributed by atoms with Crippen molar-refractivity contribution >= 4 is 6.03 Å². The Labute approximate surface area is 266 Å². The zero-order valence-electron chi connectivity index (χ0n) is 29.5. The van der Waals surface area contributed by atoms with Crippen LogP contribution in [-0.2, 0) is 0 Å². The Morgan fingerprint density at radius 3 is 0.833 bits per heavy atom. The second kappa shape index (κ2) is 33.2. The molecule has 0 atom stereocenters. The normalized spacial score (nSPS) is 11.8. The molecule has 0 aliphatic carbocycles. The van der Waals surface area contributed by atoms with Gasteiger partial charge in [0.1, 0.15) is 0 Å². The van der Waals surface area contributed by atoms with E-state index in [2.05, 4.69) is 26.1 Å². The van der Waals surface area contributed by atoms with Crippen LogP contribution in [0.5, 0.6) is 0 Å². The van der Waals surface area contributed by atoms with Crippen molar-refractivity contribution in [3.8, 4) is 0 Å². The van der Waals surface area contributed by atoms with Crippen molar-refractivity contribution < 1.29 is 4.79 Å². The van der Waals surface area contributed by atoms with E-state index in [0.29, 0.717) is 0 Å². The Bertz CT molecular complexity index is 475. The maximum atomic E-state index is 11.8. The molecule has 0 unspecified atom stereocenters. The van der Waals surface area contributed by atoms with Crippen molar-refractivity contribution in [3.05, 3.63) is 0 Å². The first kappa shape index (κ1) is 41.3. The van der Waals surface area contributed by atoms with Crippen LogP contribution < -0.4 is 11.1 Å². The highest BCUT2D eigenvalue weighted by Crippen LogP contribution is 2.37. The standard InChI is InChI=1S/C39H80N2O/c1-4-7-10-13-16-19-22-25-28-31-34-39(37-41-38(40)42,35-32-29-26-23-20-17-14-11-8-5-2)36-33-30-27-24-21-18-15-12-9-6-3/h4-37H2,1-3H3,(H3,40,41,42). The van der Waals surface area contributed by atoms with Crippen LogP contribution in [0.1, 0.15) is 233 Å². The van der Waals surface area contributed by atoms with E-state index >= 15 is 0 Å². The molecule has 3 N–H and O–H groups in total. The van der Waals surface area contributed by atoms with Gasteiger partial charge in [-0.1, -0.05) is 213 Å². The molecule has 0 aromatic carbocycles. The van der Waals surface area contributed by atoms with Gasteiger partial charge in [-0.15, -0.1) is 0 Å². The number of urea groups is 1. The van der Waals surface area contributed by atoms with E-state index in [4.69, 9.17) is 5.73 Å². The molecule has 0 aromatic rings. The molecule has 0 saturated heterocycles. The molecule has 42 heavy (non-hydrogen) atoms. The summed E-state index contributed by atoms with van der Waals surface area (Å²) in [5.74, 6) is 0. The van der Waals surface area contributed by atoms with Gasteiger partial charge in [-0.25, -0.2) is 4.79 Å². The smallest absolute Gasteiger partial charge is 0.312 e. The summed E-state index contributed by atoms with van der Waals surface area (Å²) >= 11 is 0. The van der Waals surface area contributed by atoms with Crippen LogP contribution in [0.3, 0.4) is 0 Å². The summed E-state index contributed by atoms with van der Waals surface area (Å²) in [6, 6.07) is -0.339. The topological polar surface area (TPSA) is 55.1 Å². The minimum atomic E-state index is -0.339. The molecule has 0 aliphatic heterocycles. The largest absolute Gasteiger partial charge is 0.352 e. The molecule has 0 spiro atoms. The summed E-state index contributed by atoms with van der Waals surface area (Å²) in [6.45, 7) is 7.68. The Hall–Kier alpha value is -0.730. The molecule has 0 aromatic heterocycles. The van der Waals surface area contributed by atoms with Crippen molar-refractivity contribution in [3.63, 3.8) is 0 Å². The maximum Gasteiger partial charge on any atom is 0.312 e. The number of nitrogens with two attached hydrogens (primary N) is 1. The molecule has 0 bridgehead atoms. The molecule has 2 amide bonds. The third kappa shape index (κ3) is 29.3. The summed E-state index contributed by atoms with van der Waals surface area (Å²) in [5.41, 5.74) is 5.85. The Balaban J connectivity index is 4.61. The van der Waals surface area contributed by atoms with Gasteiger partial charge in [-0.3, -0.25) is 0 Å². The number of carbonyl (C=O) groups is 1. The number of rotatable bonds is 35. The highest BCUT2D eigenvalue weighted by Gasteiger charge is 2.29. The summed E-state index contributed by atoms with van der Waals surface area (Å²) in [4.78, 5) is 11.8. The zero-order chi connectivity index (χ0) is 30.8. The summed E-state index contributed by atoms with van der Waals surface area (Å²) in [7, 11) is 0. The van der Waals surface area contributed by atoms with Crippen molar-refractivity contribution in [2.24, 2.45) is 11.1 Å². The van der Waals surface area contributed by atoms with Crippen LogP contribution in [0, 0.1) is 5.41 Å². The number of nitrogens with one attached hydrogen (secondary N) is 1. The quantitative estimate of drug-likeness (QED) is 0.0706. The fourth-order valence-electron chi connectivity index (χ4n) is 6.88. The molecule has 3 heteroatoms. The monoisotopic (exact) mass is 593 g/mol. The Kier molecular flexibility index (Phi) is 32.6. The van der Waals surface area contributed by atoms with E-state index in [9.17, 15) is 4.79 Å². The number of hydrogen-bond donors (Lipinski definition) is 2. The molecule has 0 rings (SSSR count). The minimum absolute atomic E-state index is 0.246. The zero-order valence-corrected chi connectivity index (χ0v) is 29.5. The Morgan fingerprint density at radius 2 is 0.619 bits per heavy atom. The van der Waals surface area contributed by atoms with Gasteiger partial charge >= 0.3 is 6.03 Å². The highest BCUT2D eigenvalue weighted by molar-refractivity contribution is 5.71. The maximum absolute atomic E-state index is 11.8. The van der Waals surface area contributed by atoms with E-state index < -0.39 is 0 Å². The summed E-state index contributed by atoms with van der Waals surface area (Å²) in [6.07, 6.45) is 45.4. The fourth-order valence-corrected chi connectivity index (χ4v) is 6.88. The van der Waals surface area contributed by atoms with E-state index in [-0.39, 0.29) is 11.4 Å². The molecule has 252 valence electrons. The lowest BCUT2D eigenvalue weighted by atomic mass is 9.73. The molecular formula is C39H80N2O. The number of unbranched alkanes of at least 4 members (excludes halogenated alkanes) is 27. The second-order valence-electron chi connectivity index (χ2n) is 14.0. The highest BCUT2D eigenvalue weighted by atomic mass is 16.2. The third-order valence-corrected chi connectivity index (χ3v) is 9.82. The van der Waals surface area contributed by atoms with Crippen molar-refractivity contribution in [2.45, 2.75) is 233 Å². The first-order valence-electron chi connectivity index (χ1n) is 19.6. The first-order valence-corrected chi connectivity index (χ1v) is 19.6. The molecule has 0 fully saturated rings. The first-order chi connectivity index (χ1) is 20.6. The lowest BCUT2D eigenvalue weighted by Gasteiger charge is -2.35. The number of primary amides is 1. The van der Waals surface area contributed by atoms with Crippen LogP contribution in [0.2, 0.25) is 0 Å². The minimum Gasteiger partial charge on any atom is -0.352 e. The molecule has 0 radical (unpaired) electrons. The van der Waals surface area contributed by atoms with E-state index in [0.717, 1.165) is 6.54 Å². The van der Waals surface area contributed by atoms with Gasteiger partial charge in [0.25, 0.3) is 0 Å². The van der Waals surface area contributed by atoms with Gasteiger partial charge in [0.05, 0.1) is 0 Å². The lowest BCUT2D eigenvalue weighted by Crippen LogP contribution is -2.40. The van der Waals surface area contributed by atoms with E-state index in [1.165, 1.54) is 212 Å². The molecular weight excluding hydrogens is 512 g/mol. The van der Waals surface area contributed by atoms with Crippen LogP contribution in [0.4, 0.5) is 4.79 Å². The van der Waals surface area contributed by atoms with Crippen LogP contribution in [-0.4, -0.2) is 12.6 Å². The van der Waals surface area contributed by atoms with Gasteiger partial charge in [0, 0.05) is 6.54 Å². The molecule has 0 saturated carbocycles. The van der Waals surface area contributed by atoms with Crippen LogP contribution >= 0.6 is 0 Å². The van der Waals surface area contributed by atoms with Gasteiger partial charge in [0.15, 0.2) is 0 Å². The number of amides is 2. The molecule has 0 aliphatic rings. The fraction of sp³-hybridized carbons (Fsp3) is 0.974. The predicted molar refractivity (Wildman–Crippen MR) is 189 cm³/mol. The van der Waals surface area contributed by atoms with Crippen molar-refractivity contribution in [2.75, 3.05) is 6.54 Å². The van der Waals surface area contributed by atoms with Crippen LogP contribution in [0.25, 0.3) is 0 Å². The van der Waals surface area contributed by atoms with Crippen molar-refractivity contribution in [1.82, 2.24) is 5.32 Å². The summed E-state index contributed by atoms with van der Waals surface area (Å²) < 4.78 is 0.